The fourth-order valence-electron chi connectivity index (χ4n) is 1.60. The molecule has 1 N–H and O–H groups in total. The van der Waals surface area contributed by atoms with Crippen molar-refractivity contribution in [2.45, 2.75) is 13.8 Å². The first kappa shape index (κ1) is 13.1. The summed E-state index contributed by atoms with van der Waals surface area (Å²) in [5.74, 6) is 1.32. The van der Waals surface area contributed by atoms with Crippen LogP contribution in [-0.4, -0.2) is 24.2 Å². The molecule has 0 saturated heterocycles. The van der Waals surface area contributed by atoms with Crippen molar-refractivity contribution in [3.8, 4) is 12.3 Å². The number of carbonyl (C=O) groups is 1. The lowest BCUT2D eigenvalue weighted by atomic mass is 10.1. The topological polar surface area (TPSA) is 40.5 Å². The summed E-state index contributed by atoms with van der Waals surface area (Å²) in [5.41, 5.74) is 2.10. The number of benzene rings is 1. The Morgan fingerprint density at radius 3 is 2.82 bits per heavy atom. The maximum absolute atomic E-state index is 10.9. The van der Waals surface area contributed by atoms with Crippen molar-refractivity contribution in [3.63, 3.8) is 0 Å². The Morgan fingerprint density at radius 2 is 2.29 bits per heavy atom. The van der Waals surface area contributed by atoms with E-state index in [9.17, 15) is 4.79 Å². The van der Waals surface area contributed by atoms with Crippen molar-refractivity contribution in [1.29, 1.82) is 0 Å². The summed E-state index contributed by atoms with van der Waals surface area (Å²) >= 11 is 0. The Kier molecular flexibility index (Phi) is 4.59. The van der Waals surface area contributed by atoms with Gasteiger partial charge in [0, 0.05) is 12.2 Å². The summed E-state index contributed by atoms with van der Waals surface area (Å²) in [6.07, 6.45) is 5.32. The molecule has 0 aliphatic rings. The lowest BCUT2D eigenvalue weighted by molar-refractivity contribution is -0.140. The van der Waals surface area contributed by atoms with Crippen LogP contribution in [0.2, 0.25) is 0 Å². The third-order valence-electron chi connectivity index (χ3n) is 2.56. The van der Waals surface area contributed by atoms with Gasteiger partial charge in [0.15, 0.2) is 0 Å². The van der Waals surface area contributed by atoms with Crippen molar-refractivity contribution < 1.29 is 9.90 Å². The normalized spacial score (nSPS) is 11.6. The van der Waals surface area contributed by atoms with Gasteiger partial charge >= 0.3 is 5.97 Å². The smallest absolute Gasteiger partial charge is 0.308 e. The van der Waals surface area contributed by atoms with E-state index in [1.807, 2.05) is 36.1 Å². The third kappa shape index (κ3) is 3.84. The zero-order valence-electron chi connectivity index (χ0n) is 10.2. The molecule has 0 aliphatic heterocycles. The van der Waals surface area contributed by atoms with Crippen LogP contribution in [0.1, 0.15) is 12.5 Å². The van der Waals surface area contributed by atoms with Crippen LogP contribution in [0.25, 0.3) is 0 Å². The molecule has 0 radical (unpaired) electrons. The number of hydrogen-bond donors (Lipinski definition) is 1. The first-order chi connectivity index (χ1) is 8.04. The standard InChI is InChI=1S/C14H17NO2/c1-4-8-15(10-12(3)14(16)17)13-7-5-6-11(2)9-13/h1,5-7,9,12H,8,10H2,2-3H3,(H,16,17). The molecule has 1 aromatic carbocycles. The Balaban J connectivity index is 2.86. The van der Waals surface area contributed by atoms with Crippen molar-refractivity contribution in [1.82, 2.24) is 0 Å². The Hall–Kier alpha value is -1.95. The molecule has 0 saturated carbocycles. The number of nitrogens with zero attached hydrogens (tertiary/aromatic N) is 1. The summed E-state index contributed by atoms with van der Waals surface area (Å²) in [7, 11) is 0. The first-order valence-corrected chi connectivity index (χ1v) is 5.52. The molecule has 17 heavy (non-hydrogen) atoms. The molecule has 0 fully saturated rings. The number of rotatable bonds is 5. The van der Waals surface area contributed by atoms with Crippen molar-refractivity contribution in [2.75, 3.05) is 18.0 Å². The van der Waals surface area contributed by atoms with Crippen molar-refractivity contribution in [3.05, 3.63) is 29.8 Å². The lowest BCUT2D eigenvalue weighted by Crippen LogP contribution is -2.32. The molecule has 0 heterocycles. The fraction of sp³-hybridized carbons (Fsp3) is 0.357. The maximum atomic E-state index is 10.9. The van der Waals surface area contributed by atoms with Crippen molar-refractivity contribution >= 4 is 11.7 Å². The summed E-state index contributed by atoms with van der Waals surface area (Å²) in [6, 6.07) is 7.89. The molecule has 0 aromatic heterocycles. The van der Waals surface area contributed by atoms with E-state index in [0.717, 1.165) is 11.3 Å². The minimum atomic E-state index is -0.806. The second-order valence-corrected chi connectivity index (χ2v) is 4.16. The average Bonchev–Trinajstić information content (AvgIpc) is 2.28. The molecule has 0 spiro atoms. The molecule has 90 valence electrons. The largest absolute Gasteiger partial charge is 0.481 e. The molecular formula is C14H17NO2. The minimum Gasteiger partial charge on any atom is -0.481 e. The zero-order chi connectivity index (χ0) is 12.8. The second-order valence-electron chi connectivity index (χ2n) is 4.16. The first-order valence-electron chi connectivity index (χ1n) is 5.52. The monoisotopic (exact) mass is 231 g/mol. The van der Waals surface area contributed by atoms with Crippen LogP contribution in [0.15, 0.2) is 24.3 Å². The molecule has 1 aromatic rings. The summed E-state index contributed by atoms with van der Waals surface area (Å²) in [4.78, 5) is 12.8. The van der Waals surface area contributed by atoms with Gasteiger partial charge in [-0.3, -0.25) is 4.79 Å². The molecule has 0 aliphatic carbocycles. The summed E-state index contributed by atoms with van der Waals surface area (Å²) in [5, 5.41) is 8.92. The van der Waals surface area contributed by atoms with Crippen molar-refractivity contribution in [2.24, 2.45) is 5.92 Å². The number of aliphatic carboxylic acids is 1. The number of carboxylic acid groups (broad SMARTS) is 1. The number of aryl methyl sites for hydroxylation is 1. The third-order valence-corrected chi connectivity index (χ3v) is 2.56. The van der Waals surface area contributed by atoms with Gasteiger partial charge in [0.05, 0.1) is 12.5 Å². The zero-order valence-corrected chi connectivity index (χ0v) is 10.2. The molecule has 1 atom stereocenters. The van der Waals surface area contributed by atoms with Crippen LogP contribution in [0.5, 0.6) is 0 Å². The molecule has 0 amide bonds. The maximum Gasteiger partial charge on any atom is 0.308 e. The molecule has 3 nitrogen and oxygen atoms in total. The highest BCUT2D eigenvalue weighted by Gasteiger charge is 2.15. The van der Waals surface area contributed by atoms with Crippen LogP contribution in [0.4, 0.5) is 5.69 Å². The van der Waals surface area contributed by atoms with Gasteiger partial charge in [-0.2, -0.15) is 0 Å². The highest BCUT2D eigenvalue weighted by atomic mass is 16.4. The average molecular weight is 231 g/mol. The minimum absolute atomic E-state index is 0.418. The Morgan fingerprint density at radius 1 is 1.59 bits per heavy atom. The Labute approximate surface area is 102 Å². The van der Waals surface area contributed by atoms with E-state index in [2.05, 4.69) is 5.92 Å². The molecule has 0 bridgehead atoms. The van der Waals surface area contributed by atoms with Gasteiger partial charge in [0.25, 0.3) is 0 Å². The van der Waals surface area contributed by atoms with Gasteiger partial charge < -0.3 is 10.0 Å². The van der Waals surface area contributed by atoms with E-state index in [0.29, 0.717) is 13.1 Å². The highest BCUT2D eigenvalue weighted by Crippen LogP contribution is 2.17. The van der Waals surface area contributed by atoms with Gasteiger partial charge in [0.2, 0.25) is 0 Å². The van der Waals surface area contributed by atoms with E-state index in [-0.39, 0.29) is 0 Å². The lowest BCUT2D eigenvalue weighted by Gasteiger charge is -2.24. The van der Waals surface area contributed by atoms with Gasteiger partial charge in [-0.05, 0) is 24.6 Å². The van der Waals surface area contributed by atoms with Crippen LogP contribution in [-0.2, 0) is 4.79 Å². The van der Waals surface area contributed by atoms with E-state index in [1.54, 1.807) is 6.92 Å². The number of terminal acetylenes is 1. The highest BCUT2D eigenvalue weighted by molar-refractivity contribution is 5.70. The van der Waals surface area contributed by atoms with Gasteiger partial charge in [-0.15, -0.1) is 6.42 Å². The number of hydrogen-bond acceptors (Lipinski definition) is 2. The molecule has 1 unspecified atom stereocenters. The van der Waals surface area contributed by atoms with E-state index < -0.39 is 11.9 Å². The Bertz CT molecular complexity index is 434. The van der Waals surface area contributed by atoms with E-state index >= 15 is 0 Å². The number of carboxylic acids is 1. The summed E-state index contributed by atoms with van der Waals surface area (Å²) < 4.78 is 0. The van der Waals surface area contributed by atoms with Crippen LogP contribution in [0.3, 0.4) is 0 Å². The SMILES string of the molecule is C#CCN(CC(C)C(=O)O)c1cccc(C)c1. The van der Waals surface area contributed by atoms with Crippen LogP contribution in [0, 0.1) is 25.2 Å². The quantitative estimate of drug-likeness (QED) is 0.789. The molecule has 3 heteroatoms. The van der Waals surface area contributed by atoms with Crippen LogP contribution >= 0.6 is 0 Å². The predicted octanol–water partition coefficient (Wildman–Crippen LogP) is 2.16. The van der Waals surface area contributed by atoms with Crippen LogP contribution < -0.4 is 4.90 Å². The number of anilines is 1. The summed E-state index contributed by atoms with van der Waals surface area (Å²) in [6.45, 7) is 4.52. The second kappa shape index (κ2) is 5.95. The van der Waals surface area contributed by atoms with E-state index in [1.165, 1.54) is 0 Å². The van der Waals surface area contributed by atoms with Gasteiger partial charge in [-0.25, -0.2) is 0 Å². The van der Waals surface area contributed by atoms with Gasteiger partial charge in [-0.1, -0.05) is 25.0 Å². The predicted molar refractivity (Wildman–Crippen MR) is 69.0 cm³/mol. The molecular weight excluding hydrogens is 214 g/mol. The van der Waals surface area contributed by atoms with Gasteiger partial charge in [0.1, 0.15) is 0 Å². The van der Waals surface area contributed by atoms with E-state index in [4.69, 9.17) is 11.5 Å². The fourth-order valence-corrected chi connectivity index (χ4v) is 1.60. The molecule has 1 rings (SSSR count).